The zero-order valence-corrected chi connectivity index (χ0v) is 18.3. The molecule has 0 amide bonds. The number of ether oxygens (including phenoxy) is 1. The SMILES string of the molecule is CN=C(NCCc1ccccc1OC)NCc1coc(-c2ccccc2)n1.I. The summed E-state index contributed by atoms with van der Waals surface area (Å²) in [5, 5.41) is 6.55. The lowest BCUT2D eigenvalue weighted by atomic mass is 10.1. The van der Waals surface area contributed by atoms with Gasteiger partial charge in [0.25, 0.3) is 0 Å². The van der Waals surface area contributed by atoms with Gasteiger partial charge in [0, 0.05) is 19.2 Å². The molecule has 3 aromatic rings. The topological polar surface area (TPSA) is 71.7 Å². The number of benzene rings is 2. The van der Waals surface area contributed by atoms with Gasteiger partial charge in [-0.1, -0.05) is 36.4 Å². The maximum absolute atomic E-state index is 5.56. The molecule has 0 saturated heterocycles. The van der Waals surface area contributed by atoms with E-state index in [1.165, 1.54) is 0 Å². The molecule has 1 aromatic heterocycles. The molecule has 148 valence electrons. The van der Waals surface area contributed by atoms with E-state index in [1.54, 1.807) is 20.4 Å². The Balaban J connectivity index is 0.00000280. The number of nitrogens with one attached hydrogen (secondary N) is 2. The van der Waals surface area contributed by atoms with Crippen LogP contribution in [0.4, 0.5) is 0 Å². The zero-order chi connectivity index (χ0) is 18.9. The van der Waals surface area contributed by atoms with Crippen LogP contribution in [0.25, 0.3) is 11.5 Å². The molecule has 3 rings (SSSR count). The Morgan fingerprint density at radius 3 is 2.57 bits per heavy atom. The summed E-state index contributed by atoms with van der Waals surface area (Å²) in [6.45, 7) is 1.28. The third kappa shape index (κ3) is 5.98. The molecular weight excluding hydrogens is 467 g/mol. The number of hydrogen-bond acceptors (Lipinski definition) is 4. The highest BCUT2D eigenvalue weighted by Crippen LogP contribution is 2.18. The summed E-state index contributed by atoms with van der Waals surface area (Å²) < 4.78 is 10.9. The van der Waals surface area contributed by atoms with Gasteiger partial charge in [-0.25, -0.2) is 4.98 Å². The predicted molar refractivity (Wildman–Crippen MR) is 122 cm³/mol. The summed E-state index contributed by atoms with van der Waals surface area (Å²) in [5.41, 5.74) is 2.94. The first-order valence-electron chi connectivity index (χ1n) is 8.86. The van der Waals surface area contributed by atoms with E-state index < -0.39 is 0 Å². The van der Waals surface area contributed by atoms with Gasteiger partial charge in [-0.3, -0.25) is 4.99 Å². The fourth-order valence-corrected chi connectivity index (χ4v) is 2.72. The number of hydrogen-bond donors (Lipinski definition) is 2. The number of oxazole rings is 1. The highest BCUT2D eigenvalue weighted by atomic mass is 127. The Hall–Kier alpha value is -2.55. The number of aromatic nitrogens is 1. The van der Waals surface area contributed by atoms with Crippen LogP contribution in [0.15, 0.2) is 70.3 Å². The van der Waals surface area contributed by atoms with Gasteiger partial charge in [0.05, 0.1) is 19.3 Å². The number of aliphatic imine (C=N–C) groups is 1. The first kappa shape index (κ1) is 21.7. The van der Waals surface area contributed by atoms with Crippen molar-refractivity contribution >= 4 is 29.9 Å². The van der Waals surface area contributed by atoms with Crippen molar-refractivity contribution < 1.29 is 9.15 Å². The van der Waals surface area contributed by atoms with Crippen LogP contribution < -0.4 is 15.4 Å². The van der Waals surface area contributed by atoms with E-state index >= 15 is 0 Å². The van der Waals surface area contributed by atoms with Crippen molar-refractivity contribution in [2.75, 3.05) is 20.7 Å². The van der Waals surface area contributed by atoms with Gasteiger partial charge in [-0.05, 0) is 30.2 Å². The summed E-state index contributed by atoms with van der Waals surface area (Å²) >= 11 is 0. The largest absolute Gasteiger partial charge is 0.496 e. The summed E-state index contributed by atoms with van der Waals surface area (Å²) in [5.74, 6) is 2.24. The van der Waals surface area contributed by atoms with Crippen molar-refractivity contribution in [3.8, 4) is 17.2 Å². The fraction of sp³-hybridized carbons (Fsp3) is 0.238. The Morgan fingerprint density at radius 1 is 1.07 bits per heavy atom. The molecule has 0 aliphatic carbocycles. The second-order valence-corrected chi connectivity index (χ2v) is 5.92. The molecule has 0 unspecified atom stereocenters. The summed E-state index contributed by atoms with van der Waals surface area (Å²) in [6, 6.07) is 17.9. The summed E-state index contributed by atoms with van der Waals surface area (Å²) in [4.78, 5) is 8.76. The van der Waals surface area contributed by atoms with Gasteiger partial charge in [0.1, 0.15) is 12.0 Å². The van der Waals surface area contributed by atoms with Crippen molar-refractivity contribution in [1.82, 2.24) is 15.6 Å². The molecule has 2 aromatic carbocycles. The smallest absolute Gasteiger partial charge is 0.226 e. The molecule has 0 aliphatic rings. The first-order valence-corrected chi connectivity index (χ1v) is 8.86. The molecule has 0 radical (unpaired) electrons. The molecular formula is C21H25IN4O2. The van der Waals surface area contributed by atoms with Crippen LogP contribution in [-0.2, 0) is 13.0 Å². The van der Waals surface area contributed by atoms with Crippen molar-refractivity contribution in [1.29, 1.82) is 0 Å². The monoisotopic (exact) mass is 492 g/mol. The molecule has 0 spiro atoms. The van der Waals surface area contributed by atoms with Crippen molar-refractivity contribution in [3.05, 3.63) is 72.1 Å². The van der Waals surface area contributed by atoms with Gasteiger partial charge in [0.2, 0.25) is 5.89 Å². The molecule has 7 heteroatoms. The number of nitrogens with zero attached hydrogens (tertiary/aromatic N) is 2. The summed E-state index contributed by atoms with van der Waals surface area (Å²) in [7, 11) is 3.44. The van der Waals surface area contributed by atoms with Gasteiger partial charge < -0.3 is 19.8 Å². The standard InChI is InChI=1S/C21H24N4O2.HI/c1-22-21(23-13-12-16-8-6-7-11-19(16)26-2)24-14-18-15-27-20(25-18)17-9-4-3-5-10-17;/h3-11,15H,12-14H2,1-2H3,(H2,22,23,24);1H. The molecule has 0 saturated carbocycles. The van der Waals surface area contributed by atoms with Gasteiger partial charge >= 0.3 is 0 Å². The fourth-order valence-electron chi connectivity index (χ4n) is 2.72. The highest BCUT2D eigenvalue weighted by Gasteiger charge is 2.07. The van der Waals surface area contributed by atoms with Gasteiger partial charge in [-0.15, -0.1) is 24.0 Å². The molecule has 1 heterocycles. The zero-order valence-electron chi connectivity index (χ0n) is 16.0. The third-order valence-electron chi connectivity index (χ3n) is 4.11. The third-order valence-corrected chi connectivity index (χ3v) is 4.11. The lowest BCUT2D eigenvalue weighted by molar-refractivity contribution is 0.409. The van der Waals surface area contributed by atoms with Crippen molar-refractivity contribution in [2.24, 2.45) is 4.99 Å². The van der Waals surface area contributed by atoms with E-state index in [-0.39, 0.29) is 24.0 Å². The Morgan fingerprint density at radius 2 is 1.82 bits per heavy atom. The maximum atomic E-state index is 5.56. The molecule has 0 aliphatic heterocycles. The van der Waals surface area contributed by atoms with Crippen molar-refractivity contribution in [2.45, 2.75) is 13.0 Å². The van der Waals surface area contributed by atoms with E-state index in [2.05, 4.69) is 26.7 Å². The molecule has 6 nitrogen and oxygen atoms in total. The van der Waals surface area contributed by atoms with Gasteiger partial charge in [-0.2, -0.15) is 0 Å². The van der Waals surface area contributed by atoms with Crippen LogP contribution in [0.1, 0.15) is 11.3 Å². The van der Waals surface area contributed by atoms with E-state index in [0.29, 0.717) is 18.4 Å². The van der Waals surface area contributed by atoms with Crippen LogP contribution in [0.5, 0.6) is 5.75 Å². The van der Waals surface area contributed by atoms with Crippen LogP contribution in [-0.4, -0.2) is 31.6 Å². The lowest BCUT2D eigenvalue weighted by Crippen LogP contribution is -2.37. The number of rotatable bonds is 7. The average Bonchev–Trinajstić information content (AvgIpc) is 3.20. The highest BCUT2D eigenvalue weighted by molar-refractivity contribution is 14.0. The normalized spacial score (nSPS) is 10.9. The van der Waals surface area contributed by atoms with Crippen molar-refractivity contribution in [3.63, 3.8) is 0 Å². The molecule has 0 atom stereocenters. The minimum atomic E-state index is 0. The first-order chi connectivity index (χ1) is 13.3. The molecule has 2 N–H and O–H groups in total. The Bertz CT molecular complexity index is 881. The van der Waals surface area contributed by atoms with Crippen LogP contribution in [0, 0.1) is 0 Å². The number of para-hydroxylation sites is 1. The molecule has 28 heavy (non-hydrogen) atoms. The molecule has 0 fully saturated rings. The Kier molecular flexibility index (Phi) is 8.80. The number of guanidine groups is 1. The second kappa shape index (κ2) is 11.3. The average molecular weight is 492 g/mol. The quantitative estimate of drug-likeness (QED) is 0.298. The summed E-state index contributed by atoms with van der Waals surface area (Å²) in [6.07, 6.45) is 2.50. The number of methoxy groups -OCH3 is 1. The Labute approximate surface area is 182 Å². The minimum Gasteiger partial charge on any atom is -0.496 e. The van der Waals surface area contributed by atoms with Crippen LogP contribution >= 0.6 is 24.0 Å². The predicted octanol–water partition coefficient (Wildman–Crippen LogP) is 3.88. The van der Waals surface area contributed by atoms with E-state index in [0.717, 1.165) is 35.5 Å². The molecule has 0 bridgehead atoms. The van der Waals surface area contributed by atoms with E-state index in [1.807, 2.05) is 48.5 Å². The number of halogens is 1. The maximum Gasteiger partial charge on any atom is 0.226 e. The van der Waals surface area contributed by atoms with Crippen LogP contribution in [0.2, 0.25) is 0 Å². The second-order valence-electron chi connectivity index (χ2n) is 5.92. The van der Waals surface area contributed by atoms with E-state index in [9.17, 15) is 0 Å². The van der Waals surface area contributed by atoms with Gasteiger partial charge in [0.15, 0.2) is 5.96 Å². The minimum absolute atomic E-state index is 0. The van der Waals surface area contributed by atoms with Crippen LogP contribution in [0.3, 0.4) is 0 Å². The van der Waals surface area contributed by atoms with E-state index in [4.69, 9.17) is 9.15 Å². The lowest BCUT2D eigenvalue weighted by Gasteiger charge is -2.12.